The van der Waals surface area contributed by atoms with Crippen LogP contribution < -0.4 is 0 Å². The van der Waals surface area contributed by atoms with Crippen LogP contribution in [-0.4, -0.2) is 5.43 Å². The monoisotopic (exact) mass is 168 g/mol. The molecule has 0 aromatic carbocycles. The van der Waals surface area contributed by atoms with Gasteiger partial charge in [0.05, 0.1) is 6.26 Å². The highest BCUT2D eigenvalue weighted by molar-refractivity contribution is 6.61. The lowest BCUT2D eigenvalue weighted by Gasteiger charge is -1.80. The number of rotatable bonds is 1. The highest BCUT2D eigenvalue weighted by Gasteiger charge is 1.83. The molecule has 0 spiro atoms. The fourth-order valence-corrected chi connectivity index (χ4v) is 0.129. The third-order valence-corrected chi connectivity index (χ3v) is 0.265. The first-order valence-corrected chi connectivity index (χ1v) is 2.68. The van der Waals surface area contributed by atoms with Crippen LogP contribution in [0.4, 0.5) is 4.79 Å². The van der Waals surface area contributed by atoms with Crippen molar-refractivity contribution in [1.82, 2.24) is 0 Å². The van der Waals surface area contributed by atoms with Gasteiger partial charge in [0.2, 0.25) is 0 Å². The summed E-state index contributed by atoms with van der Waals surface area (Å²) in [5, 5.41) is 0. The summed E-state index contributed by atoms with van der Waals surface area (Å²) in [5.41, 5.74) is 0.366. The summed E-state index contributed by atoms with van der Waals surface area (Å²) >= 11 is 9.41. The molecule has 0 saturated carbocycles. The van der Waals surface area contributed by atoms with Crippen molar-refractivity contribution < 1.29 is 9.53 Å². The summed E-state index contributed by atoms with van der Waals surface area (Å²) in [6, 6.07) is 0. The summed E-state index contributed by atoms with van der Waals surface area (Å²) in [6.07, 6.45) is 0.968. The highest BCUT2D eigenvalue weighted by Crippen LogP contribution is 1.83. The molecule has 0 atom stereocenters. The smallest absolute Gasteiger partial charge is 0.408 e. The van der Waals surface area contributed by atoms with Gasteiger partial charge in [-0.15, -0.1) is 0 Å². The van der Waals surface area contributed by atoms with E-state index >= 15 is 0 Å². The Morgan fingerprint density at radius 1 is 1.56 bits per heavy atom. The summed E-state index contributed by atoms with van der Waals surface area (Å²) < 4.78 is 3.93. The Kier molecular flexibility index (Phi) is 13.2. The van der Waals surface area contributed by atoms with Crippen LogP contribution in [0.1, 0.15) is 0 Å². The zero-order chi connectivity index (χ0) is 7.70. The summed E-state index contributed by atoms with van der Waals surface area (Å²) in [6.45, 7) is 6.20. The van der Waals surface area contributed by atoms with Crippen LogP contribution in [0.2, 0.25) is 0 Å². The molecule has 9 heavy (non-hydrogen) atoms. The molecule has 2 nitrogen and oxygen atoms in total. The van der Waals surface area contributed by atoms with E-state index in [0.717, 1.165) is 6.26 Å². The Morgan fingerprint density at radius 2 is 1.89 bits per heavy atom. The molecule has 0 aliphatic heterocycles. The second-order valence-corrected chi connectivity index (χ2v) is 1.29. The minimum atomic E-state index is -0.856. The lowest BCUT2D eigenvalue weighted by molar-refractivity contribution is 0.212. The fraction of sp³-hybridized carbons (Fsp3) is 0. The quantitative estimate of drug-likeness (QED) is 0.445. The molecular formula is C5H6Cl2O2. The number of hydrogen-bond acceptors (Lipinski definition) is 2. The second-order valence-electron chi connectivity index (χ2n) is 0.676. The summed E-state index contributed by atoms with van der Waals surface area (Å²) in [7, 11) is 0. The van der Waals surface area contributed by atoms with Crippen LogP contribution in [0.15, 0.2) is 25.0 Å². The average molecular weight is 169 g/mol. The fourth-order valence-electron chi connectivity index (χ4n) is 0.0655. The molecule has 4 heteroatoms. The van der Waals surface area contributed by atoms with Gasteiger partial charge in [-0.2, -0.15) is 0 Å². The zero-order valence-electron chi connectivity index (χ0n) is 4.64. The summed E-state index contributed by atoms with van der Waals surface area (Å²) in [4.78, 5) is 9.52. The van der Waals surface area contributed by atoms with Gasteiger partial charge >= 0.3 is 5.43 Å². The van der Waals surface area contributed by atoms with Crippen LogP contribution in [0.5, 0.6) is 0 Å². The molecule has 0 radical (unpaired) electrons. The van der Waals surface area contributed by atoms with E-state index in [1.165, 1.54) is 5.54 Å². The largest absolute Gasteiger partial charge is 0.423 e. The molecule has 0 bridgehead atoms. The molecular weight excluding hydrogens is 163 g/mol. The van der Waals surface area contributed by atoms with Crippen molar-refractivity contribution in [2.45, 2.75) is 0 Å². The maximum Gasteiger partial charge on any atom is 0.408 e. The van der Waals surface area contributed by atoms with E-state index in [1.807, 2.05) is 0 Å². The van der Waals surface area contributed by atoms with Gasteiger partial charge in [-0.3, -0.25) is 0 Å². The minimum Gasteiger partial charge on any atom is -0.423 e. The number of halogens is 2. The first kappa shape index (κ1) is 11.3. The van der Waals surface area contributed by atoms with Gasteiger partial charge in [-0.05, 0) is 5.54 Å². The SMILES string of the molecule is C=CCl.C=COC(=O)Cl. The number of carbonyl (C=O) groups is 1. The molecule has 0 unspecified atom stereocenters. The number of ether oxygens (including phenoxy) is 1. The molecule has 0 saturated heterocycles. The Balaban J connectivity index is 0. The molecule has 0 N–H and O–H groups in total. The lowest BCUT2D eigenvalue weighted by atomic mass is 11.1. The Bertz CT molecular complexity index is 101. The Labute approximate surface area is 63.7 Å². The molecule has 52 valence electrons. The zero-order valence-corrected chi connectivity index (χ0v) is 6.15. The van der Waals surface area contributed by atoms with Crippen LogP contribution in [0, 0.1) is 0 Å². The van der Waals surface area contributed by atoms with Gasteiger partial charge in [0.15, 0.2) is 0 Å². The topological polar surface area (TPSA) is 26.3 Å². The van der Waals surface area contributed by atoms with E-state index in [-0.39, 0.29) is 0 Å². The van der Waals surface area contributed by atoms with E-state index in [9.17, 15) is 4.79 Å². The van der Waals surface area contributed by atoms with Crippen molar-refractivity contribution in [1.29, 1.82) is 0 Å². The molecule has 0 amide bonds. The molecule has 0 aliphatic carbocycles. The Hall–Kier alpha value is -0.470. The van der Waals surface area contributed by atoms with Gasteiger partial charge < -0.3 is 4.74 Å². The Morgan fingerprint density at radius 3 is 1.89 bits per heavy atom. The number of hydrogen-bond donors (Lipinski definition) is 0. The molecule has 0 fully saturated rings. The van der Waals surface area contributed by atoms with Gasteiger partial charge in [0, 0.05) is 11.6 Å². The van der Waals surface area contributed by atoms with Crippen molar-refractivity contribution in [3.05, 3.63) is 25.0 Å². The van der Waals surface area contributed by atoms with Crippen LogP contribution in [0.3, 0.4) is 0 Å². The number of carbonyl (C=O) groups excluding carboxylic acids is 1. The van der Waals surface area contributed by atoms with Gasteiger partial charge in [0.25, 0.3) is 0 Å². The molecule has 0 rings (SSSR count). The van der Waals surface area contributed by atoms with E-state index in [2.05, 4.69) is 29.5 Å². The summed E-state index contributed by atoms with van der Waals surface area (Å²) in [5.74, 6) is 0. The lowest BCUT2D eigenvalue weighted by Crippen LogP contribution is -1.79. The van der Waals surface area contributed by atoms with Gasteiger partial charge in [0.1, 0.15) is 0 Å². The van der Waals surface area contributed by atoms with Crippen molar-refractivity contribution in [2.24, 2.45) is 0 Å². The predicted octanol–water partition coefficient (Wildman–Crippen LogP) is 2.87. The third kappa shape index (κ3) is 36.0. The third-order valence-electron chi connectivity index (χ3n) is 0.176. The maximum absolute atomic E-state index is 9.52. The average Bonchev–Trinajstić information content (AvgIpc) is 1.67. The van der Waals surface area contributed by atoms with Gasteiger partial charge in [-0.25, -0.2) is 4.79 Å². The van der Waals surface area contributed by atoms with Crippen molar-refractivity contribution in [3.63, 3.8) is 0 Å². The normalized spacial score (nSPS) is 6.00. The maximum atomic E-state index is 9.52. The van der Waals surface area contributed by atoms with Crippen LogP contribution >= 0.6 is 23.2 Å². The van der Waals surface area contributed by atoms with E-state index in [4.69, 9.17) is 11.6 Å². The standard InChI is InChI=1S/C3H3ClO2.C2H3Cl/c1-2-6-3(4)5;1-2-3/h2H,1H2;2H,1H2. The first-order valence-electron chi connectivity index (χ1n) is 1.87. The minimum absolute atomic E-state index is 0.856. The molecule has 0 aromatic heterocycles. The van der Waals surface area contributed by atoms with E-state index in [0.29, 0.717) is 0 Å². The van der Waals surface area contributed by atoms with Crippen molar-refractivity contribution in [3.8, 4) is 0 Å². The van der Waals surface area contributed by atoms with Crippen molar-refractivity contribution >= 4 is 28.6 Å². The molecule has 0 aliphatic rings. The highest BCUT2D eigenvalue weighted by atomic mass is 35.5. The molecule has 0 heterocycles. The van der Waals surface area contributed by atoms with E-state index in [1.54, 1.807) is 0 Å². The van der Waals surface area contributed by atoms with E-state index < -0.39 is 5.43 Å². The van der Waals surface area contributed by atoms with Crippen molar-refractivity contribution in [2.75, 3.05) is 0 Å². The predicted molar refractivity (Wildman–Crippen MR) is 38.6 cm³/mol. The second kappa shape index (κ2) is 10.5. The first-order chi connectivity index (χ1) is 4.18. The van der Waals surface area contributed by atoms with Gasteiger partial charge in [-0.1, -0.05) is 24.8 Å². The van der Waals surface area contributed by atoms with Crippen LogP contribution in [-0.2, 0) is 4.74 Å². The van der Waals surface area contributed by atoms with Crippen LogP contribution in [0.25, 0.3) is 0 Å². The molecule has 0 aromatic rings.